The lowest BCUT2D eigenvalue weighted by molar-refractivity contribution is 0.639. The average molecular weight is 200 g/mol. The van der Waals surface area contributed by atoms with E-state index in [4.69, 9.17) is 5.84 Å². The number of nitrogens with two attached hydrogens (primary N) is 1. The Morgan fingerprint density at radius 2 is 2.08 bits per heavy atom. The molecule has 0 aliphatic rings. The zero-order valence-corrected chi connectivity index (χ0v) is 8.80. The summed E-state index contributed by atoms with van der Waals surface area (Å²) in [7, 11) is 0. The summed E-state index contributed by atoms with van der Waals surface area (Å²) >= 11 is 4.05. The Hall–Kier alpha value is -0.710. The molecule has 74 valence electrons. The topological polar surface area (TPSA) is 56.7 Å². The highest BCUT2D eigenvalue weighted by atomic mass is 32.1. The lowest BCUT2D eigenvalue weighted by Gasteiger charge is -2.00. The van der Waals surface area contributed by atoms with E-state index < -0.39 is 0 Å². The van der Waals surface area contributed by atoms with E-state index in [1.165, 1.54) is 23.9 Å². The van der Waals surface area contributed by atoms with E-state index in [0.717, 1.165) is 18.7 Å². The van der Waals surface area contributed by atoms with Crippen molar-refractivity contribution >= 4 is 12.6 Å². The van der Waals surface area contributed by atoms with Gasteiger partial charge in [-0.1, -0.05) is 26.2 Å². The second-order valence-electron chi connectivity index (χ2n) is 3.10. The maximum Gasteiger partial charge on any atom is 0.206 e. The van der Waals surface area contributed by atoms with Crippen molar-refractivity contribution in [2.24, 2.45) is 0 Å². The minimum atomic E-state index is 0.477. The second kappa shape index (κ2) is 5.11. The molecule has 0 unspecified atom stereocenters. The number of aryl methyl sites for hydroxylation is 1. The molecule has 1 aromatic heterocycles. The molecule has 2 N–H and O–H groups in total. The van der Waals surface area contributed by atoms with Crippen molar-refractivity contribution in [3.63, 3.8) is 0 Å². The Labute approximate surface area is 83.9 Å². The predicted octanol–water partition coefficient (Wildman–Crippen LogP) is 1.40. The molecule has 0 radical (unpaired) electrons. The monoisotopic (exact) mass is 200 g/mol. The molecule has 1 rings (SSSR count). The van der Waals surface area contributed by atoms with E-state index in [9.17, 15) is 0 Å². The third-order valence-electron chi connectivity index (χ3n) is 2.00. The highest BCUT2D eigenvalue weighted by Crippen LogP contribution is 2.07. The van der Waals surface area contributed by atoms with Gasteiger partial charge < -0.3 is 5.84 Å². The molecule has 0 aliphatic heterocycles. The summed E-state index contributed by atoms with van der Waals surface area (Å²) in [6, 6.07) is 0. The van der Waals surface area contributed by atoms with Gasteiger partial charge in [-0.3, -0.25) is 0 Å². The number of nitrogens with zero attached hydrogens (tertiary/aromatic N) is 3. The van der Waals surface area contributed by atoms with E-state index in [1.807, 2.05) is 0 Å². The molecule has 0 spiro atoms. The number of aromatic nitrogens is 3. The first-order valence-corrected chi connectivity index (χ1v) is 5.08. The maximum atomic E-state index is 5.63. The number of unbranched alkanes of at least 4 members (excludes halogenated alkanes) is 3. The molecule has 1 heterocycles. The predicted molar refractivity (Wildman–Crippen MR) is 55.3 cm³/mol. The molecule has 0 fully saturated rings. The first kappa shape index (κ1) is 10.4. The summed E-state index contributed by atoms with van der Waals surface area (Å²) in [6.07, 6.45) is 5.76. The van der Waals surface area contributed by atoms with Crippen LogP contribution < -0.4 is 5.84 Å². The van der Waals surface area contributed by atoms with Crippen LogP contribution in [0.2, 0.25) is 0 Å². The highest BCUT2D eigenvalue weighted by Gasteiger charge is 2.04. The molecule has 0 aliphatic carbocycles. The van der Waals surface area contributed by atoms with Gasteiger partial charge in [-0.25, -0.2) is 4.68 Å². The first-order chi connectivity index (χ1) is 6.25. The third-order valence-corrected chi connectivity index (χ3v) is 2.31. The molecule has 0 atom stereocenters. The van der Waals surface area contributed by atoms with Crippen LogP contribution in [-0.2, 0) is 6.42 Å². The minimum absolute atomic E-state index is 0.477. The average Bonchev–Trinajstić information content (AvgIpc) is 2.43. The number of hydrogen-bond acceptors (Lipinski definition) is 4. The van der Waals surface area contributed by atoms with Gasteiger partial charge in [0, 0.05) is 6.42 Å². The zero-order valence-electron chi connectivity index (χ0n) is 7.90. The SMILES string of the molecule is CCCCCCc1nnc(S)n1N. The van der Waals surface area contributed by atoms with Crippen LogP contribution in [0.3, 0.4) is 0 Å². The van der Waals surface area contributed by atoms with Crippen LogP contribution in [0.1, 0.15) is 38.4 Å². The molecule has 0 saturated heterocycles. The van der Waals surface area contributed by atoms with Gasteiger partial charge in [-0.05, 0) is 6.42 Å². The molecule has 1 aromatic rings. The number of nitrogen functional groups attached to an aromatic ring is 1. The molecule has 0 saturated carbocycles. The zero-order chi connectivity index (χ0) is 9.68. The normalized spacial score (nSPS) is 10.6. The summed E-state index contributed by atoms with van der Waals surface area (Å²) in [5, 5.41) is 8.17. The van der Waals surface area contributed by atoms with Gasteiger partial charge in [0.15, 0.2) is 5.82 Å². The highest BCUT2D eigenvalue weighted by molar-refractivity contribution is 7.80. The van der Waals surface area contributed by atoms with Crippen LogP contribution in [-0.4, -0.2) is 14.9 Å². The fraction of sp³-hybridized carbons (Fsp3) is 0.750. The molecule has 5 heteroatoms. The smallest absolute Gasteiger partial charge is 0.206 e. The first-order valence-electron chi connectivity index (χ1n) is 4.64. The molecule has 13 heavy (non-hydrogen) atoms. The van der Waals surface area contributed by atoms with Crippen LogP contribution >= 0.6 is 12.6 Å². The van der Waals surface area contributed by atoms with Gasteiger partial charge >= 0.3 is 0 Å². The Kier molecular flexibility index (Phi) is 4.08. The quantitative estimate of drug-likeness (QED) is 0.429. The number of hydrogen-bond donors (Lipinski definition) is 2. The molecule has 0 bridgehead atoms. The summed E-state index contributed by atoms with van der Waals surface area (Å²) < 4.78 is 1.44. The van der Waals surface area contributed by atoms with E-state index in [1.54, 1.807) is 0 Å². The van der Waals surface area contributed by atoms with Gasteiger partial charge in [0.2, 0.25) is 5.16 Å². The fourth-order valence-electron chi connectivity index (χ4n) is 1.19. The summed E-state index contributed by atoms with van der Waals surface area (Å²) in [6.45, 7) is 2.19. The van der Waals surface area contributed by atoms with Gasteiger partial charge in [0.1, 0.15) is 0 Å². The molecular formula is C8H16N4S. The Bertz CT molecular complexity index is 259. The number of thiol groups is 1. The van der Waals surface area contributed by atoms with Crippen molar-refractivity contribution in [2.45, 2.75) is 44.2 Å². The Balaban J connectivity index is 2.32. The molecular weight excluding hydrogens is 184 g/mol. The van der Waals surface area contributed by atoms with E-state index in [0.29, 0.717) is 5.16 Å². The lowest BCUT2D eigenvalue weighted by Crippen LogP contribution is -2.13. The summed E-state index contributed by atoms with van der Waals surface area (Å²) in [5.41, 5.74) is 0. The fourth-order valence-corrected chi connectivity index (χ4v) is 1.35. The van der Waals surface area contributed by atoms with E-state index >= 15 is 0 Å². The Morgan fingerprint density at radius 3 is 2.62 bits per heavy atom. The lowest BCUT2D eigenvalue weighted by atomic mass is 10.1. The van der Waals surface area contributed by atoms with Crippen LogP contribution in [0, 0.1) is 0 Å². The number of rotatable bonds is 5. The van der Waals surface area contributed by atoms with Gasteiger partial charge in [0.05, 0.1) is 0 Å². The standard InChI is InChI=1S/C8H16N4S/c1-2-3-4-5-6-7-10-11-8(13)12(7)9/h2-6,9H2,1H3,(H,11,13). The maximum absolute atomic E-state index is 5.63. The van der Waals surface area contributed by atoms with E-state index in [2.05, 4.69) is 29.7 Å². The van der Waals surface area contributed by atoms with Crippen LogP contribution in [0.15, 0.2) is 5.16 Å². The minimum Gasteiger partial charge on any atom is -0.336 e. The third kappa shape index (κ3) is 2.91. The summed E-state index contributed by atoms with van der Waals surface area (Å²) in [5.74, 6) is 6.45. The van der Waals surface area contributed by atoms with Crippen LogP contribution in [0.25, 0.3) is 0 Å². The van der Waals surface area contributed by atoms with Crippen LogP contribution in [0.4, 0.5) is 0 Å². The molecule has 4 nitrogen and oxygen atoms in total. The van der Waals surface area contributed by atoms with Crippen molar-refractivity contribution in [1.29, 1.82) is 0 Å². The van der Waals surface area contributed by atoms with Crippen molar-refractivity contribution in [2.75, 3.05) is 5.84 Å². The Morgan fingerprint density at radius 1 is 1.31 bits per heavy atom. The van der Waals surface area contributed by atoms with Crippen molar-refractivity contribution in [3.8, 4) is 0 Å². The van der Waals surface area contributed by atoms with Gasteiger partial charge in [-0.15, -0.1) is 22.8 Å². The summed E-state index contributed by atoms with van der Waals surface area (Å²) in [4.78, 5) is 0. The van der Waals surface area contributed by atoms with E-state index in [-0.39, 0.29) is 0 Å². The molecule has 0 amide bonds. The van der Waals surface area contributed by atoms with Crippen molar-refractivity contribution < 1.29 is 0 Å². The van der Waals surface area contributed by atoms with Gasteiger partial charge in [-0.2, -0.15) is 0 Å². The second-order valence-corrected chi connectivity index (χ2v) is 3.50. The van der Waals surface area contributed by atoms with Crippen molar-refractivity contribution in [3.05, 3.63) is 5.82 Å². The molecule has 0 aromatic carbocycles. The van der Waals surface area contributed by atoms with Crippen molar-refractivity contribution in [1.82, 2.24) is 14.9 Å². The largest absolute Gasteiger partial charge is 0.336 e. The van der Waals surface area contributed by atoms with Gasteiger partial charge in [0.25, 0.3) is 0 Å². The van der Waals surface area contributed by atoms with Crippen LogP contribution in [0.5, 0.6) is 0 Å².